The van der Waals surface area contributed by atoms with Crippen LogP contribution in [0.3, 0.4) is 0 Å². The van der Waals surface area contributed by atoms with Crippen molar-refractivity contribution in [1.82, 2.24) is 9.55 Å². The van der Waals surface area contributed by atoms with Gasteiger partial charge in [-0.2, -0.15) is 0 Å². The highest BCUT2D eigenvalue weighted by Crippen LogP contribution is 2.41. The van der Waals surface area contributed by atoms with Crippen LogP contribution in [-0.4, -0.2) is 9.55 Å². The molecule has 0 atom stereocenters. The molecule has 3 heteroatoms. The van der Waals surface area contributed by atoms with Gasteiger partial charge < -0.3 is 8.98 Å². The fraction of sp³-hybridized carbons (Fsp3) is 0. The molecule has 0 N–H and O–H groups in total. The van der Waals surface area contributed by atoms with Gasteiger partial charge in [0.25, 0.3) is 0 Å². The molecule has 0 radical (unpaired) electrons. The van der Waals surface area contributed by atoms with E-state index in [2.05, 4.69) is 156 Å². The van der Waals surface area contributed by atoms with Gasteiger partial charge in [-0.05, 0) is 80.3 Å². The van der Waals surface area contributed by atoms with Gasteiger partial charge >= 0.3 is 0 Å². The highest BCUT2D eigenvalue weighted by atomic mass is 16.3. The maximum atomic E-state index is 6.42. The first-order valence-electron chi connectivity index (χ1n) is 17.0. The van der Waals surface area contributed by atoms with Crippen molar-refractivity contribution in [2.24, 2.45) is 0 Å². The third-order valence-electron chi connectivity index (χ3n) is 10.4. The first-order valence-corrected chi connectivity index (χ1v) is 17.0. The Hall–Kier alpha value is -6.71. The molecule has 0 aliphatic rings. The average molecular weight is 637 g/mol. The fourth-order valence-corrected chi connectivity index (χ4v) is 8.15. The van der Waals surface area contributed by atoms with Crippen molar-refractivity contribution in [3.05, 3.63) is 170 Å². The number of fused-ring (bicyclic) bond motifs is 12. The zero-order valence-electron chi connectivity index (χ0n) is 27.0. The zero-order valence-corrected chi connectivity index (χ0v) is 27.0. The van der Waals surface area contributed by atoms with Crippen LogP contribution in [0.1, 0.15) is 0 Å². The highest BCUT2D eigenvalue weighted by Gasteiger charge is 2.16. The van der Waals surface area contributed by atoms with Crippen molar-refractivity contribution in [2.45, 2.75) is 0 Å². The van der Waals surface area contributed by atoms with Crippen molar-refractivity contribution in [1.29, 1.82) is 0 Å². The summed E-state index contributed by atoms with van der Waals surface area (Å²) in [5.41, 5.74) is 9.58. The van der Waals surface area contributed by atoms with Crippen molar-refractivity contribution < 1.29 is 4.42 Å². The quantitative estimate of drug-likeness (QED) is 0.181. The molecular weight excluding hydrogens is 609 g/mol. The molecule has 0 aliphatic carbocycles. The Bertz CT molecular complexity index is 3070. The topological polar surface area (TPSA) is 31.0 Å². The maximum Gasteiger partial charge on any atom is 0.143 e. The van der Waals surface area contributed by atoms with E-state index in [0.29, 0.717) is 0 Å². The summed E-state index contributed by atoms with van der Waals surface area (Å²) in [6.45, 7) is 0. The average Bonchev–Trinajstić information content (AvgIpc) is 3.74. The first kappa shape index (κ1) is 27.3. The number of hydrogen-bond acceptors (Lipinski definition) is 2. The second-order valence-corrected chi connectivity index (χ2v) is 13.1. The maximum absolute atomic E-state index is 6.42. The first-order chi connectivity index (χ1) is 24.8. The second-order valence-electron chi connectivity index (χ2n) is 13.1. The summed E-state index contributed by atoms with van der Waals surface area (Å²) in [6.07, 6.45) is 2.00. The van der Waals surface area contributed by atoms with Gasteiger partial charge in [-0.1, -0.05) is 121 Å². The number of benzene rings is 8. The van der Waals surface area contributed by atoms with Crippen LogP contribution in [0.2, 0.25) is 0 Å². The lowest BCUT2D eigenvalue weighted by molar-refractivity contribution is 0.670. The van der Waals surface area contributed by atoms with Gasteiger partial charge in [0.05, 0.1) is 28.6 Å². The number of rotatable bonds is 3. The standard InChI is InChI=1S/C47H28N2O/c1-2-11-34-33(10-1)41-26-29(32-15-9-16-40-39-14-5-8-19-46(39)50-47(32)40)20-23-35(41)36-24-21-30(27-42(34)36)43-25-22-31(28-48-43)49-44-17-6-3-12-37(44)38-13-4-7-18-45(38)49/h1-28H. The van der Waals surface area contributed by atoms with Crippen molar-refractivity contribution >= 4 is 76.1 Å². The minimum atomic E-state index is 0.916. The lowest BCUT2D eigenvalue weighted by atomic mass is 9.90. The number of para-hydroxylation sites is 4. The van der Waals surface area contributed by atoms with E-state index in [4.69, 9.17) is 9.40 Å². The molecule has 3 heterocycles. The van der Waals surface area contributed by atoms with Crippen LogP contribution >= 0.6 is 0 Å². The Morgan fingerprint density at radius 1 is 0.400 bits per heavy atom. The number of hydrogen-bond donors (Lipinski definition) is 0. The van der Waals surface area contributed by atoms with Gasteiger partial charge in [0, 0.05) is 32.7 Å². The van der Waals surface area contributed by atoms with Crippen LogP contribution in [0.4, 0.5) is 0 Å². The monoisotopic (exact) mass is 636 g/mol. The number of pyridine rings is 1. The van der Waals surface area contributed by atoms with Gasteiger partial charge in [-0.15, -0.1) is 0 Å². The lowest BCUT2D eigenvalue weighted by Crippen LogP contribution is -1.95. The summed E-state index contributed by atoms with van der Waals surface area (Å²) in [7, 11) is 0. The van der Waals surface area contributed by atoms with E-state index in [-0.39, 0.29) is 0 Å². The number of furan rings is 1. The molecule has 0 amide bonds. The van der Waals surface area contributed by atoms with E-state index in [1.165, 1.54) is 54.1 Å². The molecule has 232 valence electrons. The smallest absolute Gasteiger partial charge is 0.143 e. The molecule has 0 unspecified atom stereocenters. The molecule has 11 rings (SSSR count). The van der Waals surface area contributed by atoms with E-state index in [1.807, 2.05) is 18.3 Å². The lowest BCUT2D eigenvalue weighted by Gasteiger charge is -2.14. The highest BCUT2D eigenvalue weighted by molar-refractivity contribution is 6.26. The van der Waals surface area contributed by atoms with Crippen molar-refractivity contribution in [2.75, 3.05) is 0 Å². The summed E-state index contributed by atoms with van der Waals surface area (Å²) >= 11 is 0. The Morgan fingerprint density at radius 2 is 0.960 bits per heavy atom. The van der Waals surface area contributed by atoms with E-state index in [9.17, 15) is 0 Å². The molecular formula is C47H28N2O. The third kappa shape index (κ3) is 3.89. The van der Waals surface area contributed by atoms with Crippen molar-refractivity contribution in [3.63, 3.8) is 0 Å². The molecule has 3 nitrogen and oxygen atoms in total. The van der Waals surface area contributed by atoms with Gasteiger partial charge in [0.1, 0.15) is 11.2 Å². The van der Waals surface area contributed by atoms with Crippen LogP contribution in [0.15, 0.2) is 174 Å². The predicted molar refractivity (Wildman–Crippen MR) is 209 cm³/mol. The van der Waals surface area contributed by atoms with Crippen LogP contribution in [-0.2, 0) is 0 Å². The number of nitrogens with zero attached hydrogens (tertiary/aromatic N) is 2. The van der Waals surface area contributed by atoms with Crippen molar-refractivity contribution in [3.8, 4) is 28.1 Å². The van der Waals surface area contributed by atoms with Crippen LogP contribution < -0.4 is 0 Å². The van der Waals surface area contributed by atoms with Crippen LogP contribution in [0.25, 0.3) is 104 Å². The molecule has 50 heavy (non-hydrogen) atoms. The summed E-state index contributed by atoms with van der Waals surface area (Å²) in [6, 6.07) is 58.6. The molecule has 0 saturated carbocycles. The normalized spacial score (nSPS) is 12.0. The van der Waals surface area contributed by atoms with E-state index in [1.54, 1.807) is 0 Å². The summed E-state index contributed by atoms with van der Waals surface area (Å²) in [5.74, 6) is 0. The molecule has 0 spiro atoms. The molecule has 11 aromatic rings. The van der Waals surface area contributed by atoms with E-state index in [0.717, 1.165) is 50.0 Å². The van der Waals surface area contributed by atoms with Gasteiger partial charge in [-0.3, -0.25) is 4.98 Å². The number of aromatic nitrogens is 2. The SMILES string of the molecule is c1ccc2c(c1)oc1c(-c3ccc4c5ccc(-c6ccc(-n7c8ccccc8c8ccccc87)cn6)cc5c5ccccc5c4c3)cccc12. The molecule has 0 saturated heterocycles. The van der Waals surface area contributed by atoms with Crippen LogP contribution in [0.5, 0.6) is 0 Å². The summed E-state index contributed by atoms with van der Waals surface area (Å²) in [5, 5.41) is 12.2. The van der Waals surface area contributed by atoms with E-state index < -0.39 is 0 Å². The molecule has 8 aromatic carbocycles. The third-order valence-corrected chi connectivity index (χ3v) is 10.4. The summed E-state index contributed by atoms with van der Waals surface area (Å²) in [4.78, 5) is 5.02. The summed E-state index contributed by atoms with van der Waals surface area (Å²) < 4.78 is 8.73. The fourth-order valence-electron chi connectivity index (χ4n) is 8.15. The molecule has 0 fully saturated rings. The molecule has 3 aromatic heterocycles. The van der Waals surface area contributed by atoms with Crippen LogP contribution in [0, 0.1) is 0 Å². The molecule has 0 bridgehead atoms. The zero-order chi connectivity index (χ0) is 32.8. The predicted octanol–water partition coefficient (Wildman–Crippen LogP) is 12.9. The van der Waals surface area contributed by atoms with Gasteiger partial charge in [0.15, 0.2) is 0 Å². The Kier molecular flexibility index (Phi) is 5.67. The Morgan fingerprint density at radius 3 is 1.64 bits per heavy atom. The van der Waals surface area contributed by atoms with Gasteiger partial charge in [0.2, 0.25) is 0 Å². The minimum Gasteiger partial charge on any atom is -0.455 e. The van der Waals surface area contributed by atoms with E-state index >= 15 is 0 Å². The largest absolute Gasteiger partial charge is 0.455 e. The Balaban J connectivity index is 1.05. The minimum absolute atomic E-state index is 0.916. The second kappa shape index (κ2) is 10.4. The Labute approximate surface area is 287 Å². The molecule has 0 aliphatic heterocycles. The van der Waals surface area contributed by atoms with Gasteiger partial charge in [-0.25, -0.2) is 0 Å².